The van der Waals surface area contributed by atoms with E-state index in [1.54, 1.807) is 13.0 Å². The molecule has 28 heavy (non-hydrogen) atoms. The normalized spacial score (nSPS) is 11.8. The molecule has 8 nitrogen and oxygen atoms in total. The van der Waals surface area contributed by atoms with Gasteiger partial charge in [0.2, 0.25) is 0 Å². The van der Waals surface area contributed by atoms with E-state index in [4.69, 9.17) is 0 Å². The molecule has 1 aromatic heterocycles. The topological polar surface area (TPSA) is 122 Å². The van der Waals surface area contributed by atoms with Crippen molar-refractivity contribution in [3.63, 3.8) is 0 Å². The third-order valence-corrected chi connectivity index (χ3v) is 4.47. The molecule has 150 valence electrons. The summed E-state index contributed by atoms with van der Waals surface area (Å²) in [6, 6.07) is 3.76. The van der Waals surface area contributed by atoms with Crippen molar-refractivity contribution in [2.75, 3.05) is 5.32 Å². The van der Waals surface area contributed by atoms with Gasteiger partial charge in [0, 0.05) is 6.20 Å². The van der Waals surface area contributed by atoms with Gasteiger partial charge in [0.25, 0.3) is 5.91 Å². The number of anilines is 1. The van der Waals surface area contributed by atoms with Crippen molar-refractivity contribution in [2.45, 2.75) is 52.0 Å². The smallest absolute Gasteiger partial charge is 0.336 e. The van der Waals surface area contributed by atoms with Crippen molar-refractivity contribution in [1.82, 2.24) is 9.55 Å². The number of aryl methyl sites for hydroxylation is 1. The van der Waals surface area contributed by atoms with Gasteiger partial charge in [0.1, 0.15) is 6.04 Å². The second kappa shape index (κ2) is 9.68. The van der Waals surface area contributed by atoms with Crippen LogP contribution in [0.15, 0.2) is 30.7 Å². The lowest BCUT2D eigenvalue weighted by molar-refractivity contribution is -0.141. The summed E-state index contributed by atoms with van der Waals surface area (Å²) in [7, 11) is 0. The summed E-state index contributed by atoms with van der Waals surface area (Å²) in [6.07, 6.45) is 7.16. The third kappa shape index (κ3) is 5.42. The largest absolute Gasteiger partial charge is 0.480 e. The van der Waals surface area contributed by atoms with Gasteiger partial charge in [0.05, 0.1) is 17.5 Å². The number of nitrogens with zero attached hydrogens (tertiary/aromatic N) is 2. The van der Waals surface area contributed by atoms with Gasteiger partial charge < -0.3 is 20.1 Å². The minimum absolute atomic E-state index is 0.0157. The number of aliphatic carboxylic acids is 1. The number of aromatic carboxylic acids is 1. The molecule has 1 atom stereocenters. The zero-order valence-electron chi connectivity index (χ0n) is 16.0. The summed E-state index contributed by atoms with van der Waals surface area (Å²) in [6.45, 7) is 3.83. The molecule has 1 amide bonds. The van der Waals surface area contributed by atoms with E-state index in [0.717, 1.165) is 31.2 Å². The third-order valence-electron chi connectivity index (χ3n) is 4.47. The molecule has 1 aromatic carbocycles. The molecule has 0 saturated heterocycles. The molecule has 0 spiro atoms. The zero-order valence-corrected chi connectivity index (χ0v) is 16.0. The molecule has 0 fully saturated rings. The van der Waals surface area contributed by atoms with E-state index in [9.17, 15) is 24.6 Å². The Kier molecular flexibility index (Phi) is 7.31. The van der Waals surface area contributed by atoms with Crippen LogP contribution in [0.5, 0.6) is 0 Å². The minimum atomic E-state index is -1.20. The van der Waals surface area contributed by atoms with Crippen LogP contribution < -0.4 is 5.32 Å². The lowest BCUT2D eigenvalue weighted by Crippen LogP contribution is -2.18. The van der Waals surface area contributed by atoms with Crippen LogP contribution in [0.1, 0.15) is 71.3 Å². The van der Waals surface area contributed by atoms with Crippen molar-refractivity contribution in [2.24, 2.45) is 0 Å². The Labute approximate surface area is 163 Å². The molecule has 0 bridgehead atoms. The van der Waals surface area contributed by atoms with E-state index >= 15 is 0 Å². The first-order valence-corrected chi connectivity index (χ1v) is 9.25. The minimum Gasteiger partial charge on any atom is -0.480 e. The quantitative estimate of drug-likeness (QED) is 0.534. The summed E-state index contributed by atoms with van der Waals surface area (Å²) in [5.41, 5.74) is 0.642. The Morgan fingerprint density at radius 3 is 2.54 bits per heavy atom. The number of carbonyl (C=O) groups excluding carboxylic acids is 1. The van der Waals surface area contributed by atoms with Crippen LogP contribution in [0.4, 0.5) is 5.82 Å². The van der Waals surface area contributed by atoms with Crippen molar-refractivity contribution in [3.05, 3.63) is 47.4 Å². The molecule has 0 aliphatic rings. The van der Waals surface area contributed by atoms with Gasteiger partial charge in [-0.2, -0.15) is 0 Å². The monoisotopic (exact) mass is 387 g/mol. The van der Waals surface area contributed by atoms with Crippen LogP contribution in [0.2, 0.25) is 0 Å². The van der Waals surface area contributed by atoms with Gasteiger partial charge in [-0.05, 0) is 25.5 Å². The molecule has 0 aliphatic carbocycles. The lowest BCUT2D eigenvalue weighted by Gasteiger charge is -2.13. The predicted molar refractivity (Wildman–Crippen MR) is 104 cm³/mol. The Morgan fingerprint density at radius 2 is 1.89 bits per heavy atom. The molecule has 2 rings (SSSR count). The maximum atomic E-state index is 12.5. The van der Waals surface area contributed by atoms with Gasteiger partial charge in [-0.3, -0.25) is 4.79 Å². The van der Waals surface area contributed by atoms with E-state index in [1.807, 2.05) is 0 Å². The number of nitrogens with one attached hydrogen (secondary N) is 1. The number of carbonyl (C=O) groups is 3. The second-order valence-electron chi connectivity index (χ2n) is 6.72. The second-order valence-corrected chi connectivity index (χ2v) is 6.72. The molecule has 8 heteroatoms. The maximum Gasteiger partial charge on any atom is 0.336 e. The van der Waals surface area contributed by atoms with E-state index in [0.29, 0.717) is 6.42 Å². The maximum absolute atomic E-state index is 12.5. The lowest BCUT2D eigenvalue weighted by atomic mass is 10.0. The standard InChI is InChI=1S/C20H25N3O5/c1-3-4-5-6-7-16(20(27)28)23-11-17(21-12-23)22-18(24)14-9-8-13(2)10-15(14)19(25)26/h8-12,16H,3-7H2,1-2H3,(H,22,24)(H,25,26)(H,27,28). The molecular formula is C20H25N3O5. The number of aromatic nitrogens is 2. The van der Waals surface area contributed by atoms with Crippen molar-refractivity contribution >= 4 is 23.7 Å². The fourth-order valence-electron chi connectivity index (χ4n) is 2.95. The van der Waals surface area contributed by atoms with Crippen molar-refractivity contribution < 1.29 is 24.6 Å². The first-order valence-electron chi connectivity index (χ1n) is 9.25. The number of hydrogen-bond acceptors (Lipinski definition) is 4. The summed E-state index contributed by atoms with van der Waals surface area (Å²) in [5, 5.41) is 21.3. The van der Waals surface area contributed by atoms with Gasteiger partial charge in [-0.25, -0.2) is 14.6 Å². The molecule has 1 unspecified atom stereocenters. The Bertz CT molecular complexity index is 859. The number of rotatable bonds is 10. The Morgan fingerprint density at radius 1 is 1.14 bits per heavy atom. The van der Waals surface area contributed by atoms with E-state index in [2.05, 4.69) is 17.2 Å². The average molecular weight is 387 g/mol. The first-order chi connectivity index (χ1) is 13.3. The zero-order chi connectivity index (χ0) is 20.7. The number of benzene rings is 1. The SMILES string of the molecule is CCCCCCC(C(=O)O)n1cnc(NC(=O)c2ccc(C)cc2C(=O)O)c1. The number of unbranched alkanes of at least 4 members (excludes halogenated alkanes) is 3. The van der Waals surface area contributed by atoms with Gasteiger partial charge >= 0.3 is 11.9 Å². The van der Waals surface area contributed by atoms with Crippen LogP contribution >= 0.6 is 0 Å². The van der Waals surface area contributed by atoms with Crippen LogP contribution in [0.25, 0.3) is 0 Å². The van der Waals surface area contributed by atoms with Crippen molar-refractivity contribution in [1.29, 1.82) is 0 Å². The number of carboxylic acid groups (broad SMARTS) is 2. The van der Waals surface area contributed by atoms with Crippen LogP contribution in [0.3, 0.4) is 0 Å². The first kappa shape index (κ1) is 21.1. The van der Waals surface area contributed by atoms with Crippen LogP contribution in [-0.2, 0) is 4.79 Å². The number of amides is 1. The summed E-state index contributed by atoms with van der Waals surface area (Å²) in [4.78, 5) is 39.5. The fourth-order valence-corrected chi connectivity index (χ4v) is 2.95. The van der Waals surface area contributed by atoms with E-state index in [1.165, 1.54) is 29.2 Å². The van der Waals surface area contributed by atoms with Crippen LogP contribution in [-0.4, -0.2) is 37.6 Å². The Balaban J connectivity index is 2.12. The van der Waals surface area contributed by atoms with Gasteiger partial charge in [0.15, 0.2) is 5.82 Å². The molecule has 0 saturated carbocycles. The molecule has 2 aromatic rings. The summed E-state index contributed by atoms with van der Waals surface area (Å²) in [5.74, 6) is -2.60. The molecule has 0 aliphatic heterocycles. The number of hydrogen-bond donors (Lipinski definition) is 3. The average Bonchev–Trinajstić information content (AvgIpc) is 3.09. The number of carboxylic acids is 2. The fraction of sp³-hybridized carbons (Fsp3) is 0.400. The molecular weight excluding hydrogens is 362 g/mol. The van der Waals surface area contributed by atoms with Crippen LogP contribution in [0, 0.1) is 6.92 Å². The summed E-state index contributed by atoms with van der Waals surface area (Å²) < 4.78 is 1.46. The Hall–Kier alpha value is -3.16. The number of imidazole rings is 1. The molecule has 0 radical (unpaired) electrons. The molecule has 3 N–H and O–H groups in total. The van der Waals surface area contributed by atoms with E-state index < -0.39 is 23.9 Å². The van der Waals surface area contributed by atoms with E-state index in [-0.39, 0.29) is 16.9 Å². The summed E-state index contributed by atoms with van der Waals surface area (Å²) >= 11 is 0. The predicted octanol–water partition coefficient (Wildman–Crippen LogP) is 3.74. The molecule has 1 heterocycles. The highest BCUT2D eigenvalue weighted by Crippen LogP contribution is 2.20. The van der Waals surface area contributed by atoms with Gasteiger partial charge in [-0.1, -0.05) is 44.2 Å². The highest BCUT2D eigenvalue weighted by molar-refractivity contribution is 6.10. The van der Waals surface area contributed by atoms with Crippen molar-refractivity contribution in [3.8, 4) is 0 Å². The highest BCUT2D eigenvalue weighted by Gasteiger charge is 2.21. The van der Waals surface area contributed by atoms with Gasteiger partial charge in [-0.15, -0.1) is 0 Å². The highest BCUT2D eigenvalue weighted by atomic mass is 16.4.